The number of rotatable bonds is 0. The maximum absolute atomic E-state index is 5.43. The summed E-state index contributed by atoms with van der Waals surface area (Å²) in [6.07, 6.45) is 0. The van der Waals surface area contributed by atoms with Gasteiger partial charge in [0.25, 0.3) is 0 Å². The van der Waals surface area contributed by atoms with Crippen LogP contribution in [0, 0.1) is 3.70 Å². The Kier molecular flexibility index (Phi) is 1.96. The third-order valence-corrected chi connectivity index (χ3v) is 1.96. The summed E-state index contributed by atoms with van der Waals surface area (Å²) in [5.41, 5.74) is 5.43. The van der Waals surface area contributed by atoms with Crippen LogP contribution in [0.15, 0.2) is 6.07 Å². The van der Waals surface area contributed by atoms with Gasteiger partial charge in [0.1, 0.15) is 9.52 Å². The minimum atomic E-state index is 0.690. The first-order valence-electron chi connectivity index (χ1n) is 1.87. The Morgan fingerprint density at radius 3 is 2.50 bits per heavy atom. The average molecular weight is 335 g/mol. The van der Waals surface area contributed by atoms with Crippen LogP contribution in [-0.2, 0) is 0 Å². The molecule has 0 aromatic carbocycles. The van der Waals surface area contributed by atoms with E-state index in [1.807, 2.05) is 28.9 Å². The number of hydrogen-bond donors (Lipinski definition) is 1. The summed E-state index contributed by atoms with van der Waals surface area (Å²) in [7, 11) is 0. The molecule has 1 aromatic heterocycles. The smallest absolute Gasteiger partial charge is 0.133 e. The van der Waals surface area contributed by atoms with Crippen LogP contribution in [0.1, 0.15) is 0 Å². The summed E-state index contributed by atoms with van der Waals surface area (Å²) in [5.74, 6) is 0.690. The van der Waals surface area contributed by atoms with E-state index in [0.29, 0.717) is 5.82 Å². The van der Waals surface area contributed by atoms with E-state index in [4.69, 9.17) is 5.73 Å². The molecule has 0 amide bonds. The molecular weight excluding hydrogens is 332 g/mol. The predicted molar refractivity (Wildman–Crippen MR) is 48.8 cm³/mol. The molecule has 5 heteroatoms. The summed E-state index contributed by atoms with van der Waals surface area (Å²) >= 11 is 4.13. The van der Waals surface area contributed by atoms with Gasteiger partial charge in [0.05, 0.1) is 22.9 Å². The Morgan fingerprint density at radius 1 is 1.75 bits per heavy atom. The molecule has 0 aliphatic carbocycles. The van der Waals surface area contributed by atoms with E-state index in [1.54, 1.807) is 2.90 Å². The van der Waals surface area contributed by atoms with Crippen molar-refractivity contribution in [1.82, 2.24) is 7.99 Å². The highest BCUT2D eigenvalue weighted by molar-refractivity contribution is 14.1. The summed E-state index contributed by atoms with van der Waals surface area (Å²) in [4.78, 5) is 0. The number of anilines is 1. The summed E-state index contributed by atoms with van der Waals surface area (Å²) in [6.45, 7) is 0. The summed E-state index contributed by atoms with van der Waals surface area (Å²) in [5, 5.41) is 3.98. The van der Waals surface area contributed by atoms with Crippen LogP contribution in [0.3, 0.4) is 0 Å². The molecule has 0 aliphatic heterocycles. The molecule has 1 heterocycles. The summed E-state index contributed by atoms with van der Waals surface area (Å²) < 4.78 is 2.54. The zero-order valence-electron chi connectivity index (χ0n) is 3.81. The maximum Gasteiger partial charge on any atom is 0.133 e. The van der Waals surface area contributed by atoms with Crippen molar-refractivity contribution in [2.75, 3.05) is 5.73 Å². The molecule has 0 aliphatic rings. The number of halogens is 2. The molecule has 8 heavy (non-hydrogen) atoms. The van der Waals surface area contributed by atoms with Crippen molar-refractivity contribution in [3.05, 3.63) is 9.77 Å². The Bertz CT molecular complexity index is 175. The van der Waals surface area contributed by atoms with Gasteiger partial charge in [0.2, 0.25) is 0 Å². The number of hydrogen-bond acceptors (Lipinski definition) is 2. The van der Waals surface area contributed by atoms with Crippen LogP contribution >= 0.6 is 45.5 Å². The first-order chi connectivity index (χ1) is 3.70. The van der Waals surface area contributed by atoms with Gasteiger partial charge >= 0.3 is 0 Å². The highest BCUT2D eigenvalue weighted by Crippen LogP contribution is 2.10. The van der Waals surface area contributed by atoms with Gasteiger partial charge in [-0.1, -0.05) is 0 Å². The first kappa shape index (κ1) is 6.59. The van der Waals surface area contributed by atoms with Crippen molar-refractivity contribution in [3.8, 4) is 0 Å². The van der Waals surface area contributed by atoms with Crippen molar-refractivity contribution in [2.45, 2.75) is 0 Å². The Balaban J connectivity index is 3.14. The van der Waals surface area contributed by atoms with Gasteiger partial charge in [-0.15, -0.1) is 0 Å². The fraction of sp³-hybridized carbons (Fsp3) is 0. The van der Waals surface area contributed by atoms with Crippen molar-refractivity contribution >= 4 is 51.3 Å². The lowest BCUT2D eigenvalue weighted by Crippen LogP contribution is -1.89. The quantitative estimate of drug-likeness (QED) is 0.726. The highest BCUT2D eigenvalue weighted by Gasteiger charge is 1.95. The molecule has 1 aromatic rings. The zero-order valence-corrected chi connectivity index (χ0v) is 8.12. The van der Waals surface area contributed by atoms with E-state index in [1.165, 1.54) is 0 Å². The van der Waals surface area contributed by atoms with Crippen LogP contribution in [0.5, 0.6) is 0 Å². The highest BCUT2D eigenvalue weighted by atomic mass is 127. The second-order valence-electron chi connectivity index (χ2n) is 1.25. The molecule has 2 N–H and O–H groups in total. The molecule has 0 bridgehead atoms. The molecule has 0 fully saturated rings. The molecule has 0 atom stereocenters. The molecule has 0 saturated heterocycles. The van der Waals surface area contributed by atoms with Gasteiger partial charge in [-0.2, -0.15) is 7.99 Å². The van der Waals surface area contributed by atoms with Crippen LogP contribution in [0.2, 0.25) is 0 Å². The molecule has 0 saturated carbocycles. The molecule has 44 valence electrons. The fourth-order valence-electron chi connectivity index (χ4n) is 0.346. The zero-order chi connectivity index (χ0) is 6.15. The SMILES string of the molecule is Nc1cc(I)nn1I. The van der Waals surface area contributed by atoms with Gasteiger partial charge in [-0.3, -0.25) is 0 Å². The Hall–Kier alpha value is 0.470. The lowest BCUT2D eigenvalue weighted by molar-refractivity contribution is 1.04. The lowest BCUT2D eigenvalue weighted by Gasteiger charge is -1.84. The Morgan fingerprint density at radius 2 is 2.38 bits per heavy atom. The second-order valence-corrected chi connectivity index (χ2v) is 3.27. The standard InChI is InChI=1S/C3H3I2N3/c4-2-1-3(6)8(5)7-2/h1H,6H2. The first-order valence-corrected chi connectivity index (χ1v) is 3.91. The third kappa shape index (κ3) is 1.24. The molecule has 3 nitrogen and oxygen atoms in total. The van der Waals surface area contributed by atoms with Crippen molar-refractivity contribution < 1.29 is 0 Å². The van der Waals surface area contributed by atoms with E-state index in [-0.39, 0.29) is 0 Å². The number of nitrogens with zero attached hydrogens (tertiary/aromatic N) is 2. The number of aromatic nitrogens is 2. The second kappa shape index (κ2) is 2.38. The average Bonchev–Trinajstić information content (AvgIpc) is 1.85. The minimum Gasteiger partial charge on any atom is -0.383 e. The van der Waals surface area contributed by atoms with Crippen molar-refractivity contribution in [1.29, 1.82) is 0 Å². The van der Waals surface area contributed by atoms with Gasteiger partial charge in [0.15, 0.2) is 0 Å². The van der Waals surface area contributed by atoms with Crippen molar-refractivity contribution in [2.24, 2.45) is 0 Å². The van der Waals surface area contributed by atoms with E-state index < -0.39 is 0 Å². The van der Waals surface area contributed by atoms with E-state index in [9.17, 15) is 0 Å². The Labute approximate surface area is 74.3 Å². The molecule has 0 radical (unpaired) electrons. The van der Waals surface area contributed by atoms with Crippen LogP contribution in [-0.4, -0.2) is 7.99 Å². The predicted octanol–water partition coefficient (Wildman–Crippen LogP) is 1.27. The normalized spacial score (nSPS) is 9.75. The van der Waals surface area contributed by atoms with Gasteiger partial charge in [-0.25, -0.2) is 0 Å². The van der Waals surface area contributed by atoms with Gasteiger partial charge in [-0.05, 0) is 22.6 Å². The van der Waals surface area contributed by atoms with Crippen LogP contribution in [0.25, 0.3) is 0 Å². The lowest BCUT2D eigenvalue weighted by atomic mass is 10.7. The monoisotopic (exact) mass is 335 g/mol. The fourth-order valence-corrected chi connectivity index (χ4v) is 1.67. The molecule has 0 spiro atoms. The molecular formula is C3H3I2N3. The topological polar surface area (TPSA) is 43.8 Å². The van der Waals surface area contributed by atoms with Crippen molar-refractivity contribution in [3.63, 3.8) is 0 Å². The molecule has 0 unspecified atom stereocenters. The van der Waals surface area contributed by atoms with Gasteiger partial charge in [0, 0.05) is 6.07 Å². The molecule has 1 rings (SSSR count). The van der Waals surface area contributed by atoms with E-state index >= 15 is 0 Å². The van der Waals surface area contributed by atoms with E-state index in [2.05, 4.69) is 27.7 Å². The summed E-state index contributed by atoms with van der Waals surface area (Å²) in [6, 6.07) is 1.81. The number of nitrogens with two attached hydrogens (primary N) is 1. The largest absolute Gasteiger partial charge is 0.383 e. The van der Waals surface area contributed by atoms with Crippen LogP contribution in [0.4, 0.5) is 5.82 Å². The number of nitrogen functional groups attached to an aromatic ring is 1. The van der Waals surface area contributed by atoms with Gasteiger partial charge < -0.3 is 5.73 Å². The third-order valence-electron chi connectivity index (χ3n) is 0.663. The minimum absolute atomic E-state index is 0.690. The van der Waals surface area contributed by atoms with E-state index in [0.717, 1.165) is 3.70 Å². The maximum atomic E-state index is 5.43. The van der Waals surface area contributed by atoms with Crippen LogP contribution < -0.4 is 5.73 Å².